The van der Waals surface area contributed by atoms with Gasteiger partial charge in [0.05, 0.1) is 12.5 Å². The minimum Gasteiger partial charge on any atom is -0.484 e. The van der Waals surface area contributed by atoms with Gasteiger partial charge < -0.3 is 14.4 Å². The molecule has 0 unspecified atom stereocenters. The molecule has 146 valence electrons. The van der Waals surface area contributed by atoms with Crippen molar-refractivity contribution in [2.24, 2.45) is 0 Å². The number of carbonyl (C=O) groups excluding carboxylic acids is 1. The molecule has 1 aliphatic heterocycles. The number of halogens is 3. The summed E-state index contributed by atoms with van der Waals surface area (Å²) in [5, 5.41) is 8.67. The van der Waals surface area contributed by atoms with Crippen LogP contribution in [0.4, 0.5) is 18.9 Å². The molecule has 0 aliphatic carbocycles. The summed E-state index contributed by atoms with van der Waals surface area (Å²) in [5.41, 5.74) is 2.05. The van der Waals surface area contributed by atoms with Gasteiger partial charge in [-0.05, 0) is 54.3 Å². The lowest BCUT2D eigenvalue weighted by Crippen LogP contribution is -2.38. The van der Waals surface area contributed by atoms with Crippen LogP contribution in [0.25, 0.3) is 0 Å². The Morgan fingerprint density at radius 2 is 1.86 bits per heavy atom. The Morgan fingerprint density at radius 3 is 2.54 bits per heavy atom. The molecule has 3 rings (SSSR count). The van der Waals surface area contributed by atoms with Crippen molar-refractivity contribution in [2.75, 3.05) is 18.1 Å². The molecule has 0 saturated carbocycles. The molecule has 2 aromatic rings. The van der Waals surface area contributed by atoms with Gasteiger partial charge in [-0.2, -0.15) is 5.26 Å². The van der Waals surface area contributed by atoms with E-state index in [0.29, 0.717) is 42.8 Å². The van der Waals surface area contributed by atoms with Crippen LogP contribution in [0.5, 0.6) is 11.5 Å². The summed E-state index contributed by atoms with van der Waals surface area (Å²) in [6, 6.07) is 12.9. The number of nitriles is 1. The molecule has 5 nitrogen and oxygen atoms in total. The topological polar surface area (TPSA) is 62.6 Å². The molecular weight excluding hydrogens is 373 g/mol. The Labute approximate surface area is 159 Å². The van der Waals surface area contributed by atoms with Gasteiger partial charge in [0.2, 0.25) is 0 Å². The minimum absolute atomic E-state index is 0.197. The van der Waals surface area contributed by atoms with Crippen LogP contribution in [-0.2, 0) is 17.6 Å². The zero-order chi connectivity index (χ0) is 20.1. The fraction of sp³-hybridized carbons (Fsp3) is 0.300. The highest BCUT2D eigenvalue weighted by atomic mass is 19.4. The van der Waals surface area contributed by atoms with Crippen LogP contribution in [0.2, 0.25) is 0 Å². The maximum Gasteiger partial charge on any atom is 0.573 e. The Hall–Kier alpha value is -3.21. The van der Waals surface area contributed by atoms with Gasteiger partial charge >= 0.3 is 6.36 Å². The Bertz CT molecular complexity index is 889. The Kier molecular flexibility index (Phi) is 5.73. The second-order valence-corrected chi connectivity index (χ2v) is 6.25. The van der Waals surface area contributed by atoms with Gasteiger partial charge in [-0.1, -0.05) is 12.1 Å². The molecule has 0 fully saturated rings. The lowest BCUT2D eigenvalue weighted by Gasteiger charge is -2.29. The highest BCUT2D eigenvalue weighted by Gasteiger charge is 2.32. The third-order valence-electron chi connectivity index (χ3n) is 4.27. The van der Waals surface area contributed by atoms with Crippen molar-refractivity contribution >= 4 is 11.6 Å². The fourth-order valence-corrected chi connectivity index (χ4v) is 3.05. The average Bonchev–Trinajstić information content (AvgIpc) is 2.65. The van der Waals surface area contributed by atoms with Crippen molar-refractivity contribution < 1.29 is 27.4 Å². The van der Waals surface area contributed by atoms with Crippen LogP contribution in [-0.4, -0.2) is 25.4 Å². The predicted molar refractivity (Wildman–Crippen MR) is 95.1 cm³/mol. The molecule has 1 aliphatic rings. The SMILES string of the molecule is N#CCc1ccc(OCC(=O)N2CCCc3cc(OC(F)(F)F)ccc32)cc1. The maximum atomic E-state index is 12.6. The number of alkyl halides is 3. The highest BCUT2D eigenvalue weighted by Crippen LogP contribution is 2.32. The number of nitrogens with zero attached hydrogens (tertiary/aromatic N) is 2. The van der Waals surface area contributed by atoms with Crippen molar-refractivity contribution in [3.8, 4) is 17.6 Å². The number of ether oxygens (including phenoxy) is 2. The molecule has 0 bridgehead atoms. The molecular formula is C20H17F3N2O3. The molecule has 0 N–H and O–H groups in total. The first kappa shape index (κ1) is 19.5. The lowest BCUT2D eigenvalue weighted by atomic mass is 10.0. The van der Waals surface area contributed by atoms with Crippen molar-refractivity contribution in [1.82, 2.24) is 0 Å². The number of carbonyl (C=O) groups is 1. The summed E-state index contributed by atoms with van der Waals surface area (Å²) >= 11 is 0. The maximum absolute atomic E-state index is 12.6. The highest BCUT2D eigenvalue weighted by molar-refractivity contribution is 5.95. The largest absolute Gasteiger partial charge is 0.573 e. The first-order valence-corrected chi connectivity index (χ1v) is 8.63. The number of aryl methyl sites for hydroxylation is 1. The standard InChI is InChI=1S/C20H17F3N2O3/c21-20(22,23)28-17-7-8-18-15(12-17)2-1-11-25(18)19(26)13-27-16-5-3-14(4-6-16)9-10-24/h3-8,12H,1-2,9,11,13H2. The van der Waals surface area contributed by atoms with Gasteiger partial charge in [0, 0.05) is 12.2 Å². The minimum atomic E-state index is -4.75. The molecule has 28 heavy (non-hydrogen) atoms. The van der Waals surface area contributed by atoms with E-state index in [0.717, 1.165) is 5.56 Å². The van der Waals surface area contributed by atoms with Crippen molar-refractivity contribution in [1.29, 1.82) is 5.26 Å². The Balaban J connectivity index is 1.66. The van der Waals surface area contributed by atoms with E-state index in [9.17, 15) is 18.0 Å². The summed E-state index contributed by atoms with van der Waals surface area (Å²) in [4.78, 5) is 14.1. The molecule has 1 heterocycles. The van der Waals surface area contributed by atoms with E-state index in [4.69, 9.17) is 10.00 Å². The van der Waals surface area contributed by atoms with Crippen LogP contribution in [0.3, 0.4) is 0 Å². The lowest BCUT2D eigenvalue weighted by molar-refractivity contribution is -0.274. The normalized spacial score (nSPS) is 13.4. The van der Waals surface area contributed by atoms with Gasteiger partial charge in [0.1, 0.15) is 11.5 Å². The van der Waals surface area contributed by atoms with E-state index in [1.165, 1.54) is 23.1 Å². The van der Waals surface area contributed by atoms with E-state index in [1.54, 1.807) is 24.3 Å². The number of fused-ring (bicyclic) bond motifs is 1. The molecule has 1 amide bonds. The summed E-state index contributed by atoms with van der Waals surface area (Å²) < 4.78 is 46.6. The molecule has 0 spiro atoms. The summed E-state index contributed by atoms with van der Waals surface area (Å²) in [6.07, 6.45) is -3.26. The molecule has 0 atom stereocenters. The van der Waals surface area contributed by atoms with Crippen LogP contribution < -0.4 is 14.4 Å². The number of benzene rings is 2. The van der Waals surface area contributed by atoms with E-state index in [-0.39, 0.29) is 18.3 Å². The summed E-state index contributed by atoms with van der Waals surface area (Å²) in [6.45, 7) is 0.271. The molecule has 8 heteroatoms. The molecule has 0 radical (unpaired) electrons. The molecule has 2 aromatic carbocycles. The average molecular weight is 390 g/mol. The number of anilines is 1. The number of hydrogen-bond donors (Lipinski definition) is 0. The van der Waals surface area contributed by atoms with E-state index < -0.39 is 6.36 Å². The van der Waals surface area contributed by atoms with Crippen LogP contribution in [0, 0.1) is 11.3 Å². The zero-order valence-corrected chi connectivity index (χ0v) is 14.8. The summed E-state index contributed by atoms with van der Waals surface area (Å²) in [7, 11) is 0. The van der Waals surface area contributed by atoms with Gasteiger partial charge in [-0.15, -0.1) is 13.2 Å². The van der Waals surface area contributed by atoms with Gasteiger partial charge in [0.15, 0.2) is 6.61 Å². The number of rotatable bonds is 5. The van der Waals surface area contributed by atoms with E-state index in [1.807, 2.05) is 6.07 Å². The second kappa shape index (κ2) is 8.21. The van der Waals surface area contributed by atoms with Crippen molar-refractivity contribution in [2.45, 2.75) is 25.6 Å². The van der Waals surface area contributed by atoms with Gasteiger partial charge in [0.25, 0.3) is 5.91 Å². The van der Waals surface area contributed by atoms with Crippen LogP contribution >= 0.6 is 0 Å². The second-order valence-electron chi connectivity index (χ2n) is 6.25. The fourth-order valence-electron chi connectivity index (χ4n) is 3.05. The quantitative estimate of drug-likeness (QED) is 0.774. The predicted octanol–water partition coefficient (Wildman–Crippen LogP) is 4.01. The smallest absolute Gasteiger partial charge is 0.484 e. The third kappa shape index (κ3) is 4.94. The van der Waals surface area contributed by atoms with Crippen LogP contribution in [0.15, 0.2) is 42.5 Å². The first-order chi connectivity index (χ1) is 13.4. The first-order valence-electron chi connectivity index (χ1n) is 8.63. The zero-order valence-electron chi connectivity index (χ0n) is 14.8. The molecule has 0 saturated heterocycles. The summed E-state index contributed by atoms with van der Waals surface area (Å²) in [5.74, 6) is -0.0815. The van der Waals surface area contributed by atoms with Gasteiger partial charge in [-0.25, -0.2) is 0 Å². The van der Waals surface area contributed by atoms with E-state index >= 15 is 0 Å². The molecule has 0 aromatic heterocycles. The van der Waals surface area contributed by atoms with Crippen molar-refractivity contribution in [3.05, 3.63) is 53.6 Å². The van der Waals surface area contributed by atoms with Crippen molar-refractivity contribution in [3.63, 3.8) is 0 Å². The van der Waals surface area contributed by atoms with E-state index in [2.05, 4.69) is 4.74 Å². The third-order valence-corrected chi connectivity index (χ3v) is 4.27. The number of hydrogen-bond acceptors (Lipinski definition) is 4. The number of amides is 1. The van der Waals surface area contributed by atoms with Crippen LogP contribution in [0.1, 0.15) is 17.5 Å². The Morgan fingerprint density at radius 1 is 1.14 bits per heavy atom. The van der Waals surface area contributed by atoms with Gasteiger partial charge in [-0.3, -0.25) is 4.79 Å². The monoisotopic (exact) mass is 390 g/mol.